The number of rotatable bonds is 7. The monoisotopic (exact) mass is 358 g/mol. The minimum absolute atomic E-state index is 0.0315. The fraction of sp³-hybridized carbons (Fsp3) is 0.579. The molecule has 26 heavy (non-hydrogen) atoms. The molecule has 2 N–H and O–H groups in total. The van der Waals surface area contributed by atoms with Gasteiger partial charge in [0.1, 0.15) is 11.9 Å². The first-order chi connectivity index (χ1) is 12.7. The molecule has 0 saturated heterocycles. The topological polar surface area (TPSA) is 83.5 Å². The predicted octanol–water partition coefficient (Wildman–Crippen LogP) is 1.83. The molecule has 1 aliphatic heterocycles. The SMILES string of the molecule is O=C(CCN1CCCn2nc(C(O)C3CC3)cc2C1)NCc1ccco1. The minimum atomic E-state index is -0.421. The van der Waals surface area contributed by atoms with E-state index in [2.05, 4.69) is 15.3 Å². The van der Waals surface area contributed by atoms with Crippen LogP contribution in [0.2, 0.25) is 0 Å². The third-order valence-electron chi connectivity index (χ3n) is 5.18. The maximum atomic E-state index is 12.1. The normalized spacial score (nSPS) is 19.0. The van der Waals surface area contributed by atoms with Crippen LogP contribution in [0.5, 0.6) is 0 Å². The number of amides is 1. The molecule has 0 bridgehead atoms. The predicted molar refractivity (Wildman–Crippen MR) is 95.0 cm³/mol. The van der Waals surface area contributed by atoms with E-state index in [4.69, 9.17) is 4.42 Å². The quantitative estimate of drug-likeness (QED) is 0.789. The maximum absolute atomic E-state index is 12.1. The lowest BCUT2D eigenvalue weighted by Gasteiger charge is -2.19. The van der Waals surface area contributed by atoms with Gasteiger partial charge < -0.3 is 14.8 Å². The molecular weight excluding hydrogens is 332 g/mol. The van der Waals surface area contributed by atoms with Crippen LogP contribution in [-0.2, 0) is 24.4 Å². The van der Waals surface area contributed by atoms with Crippen LogP contribution in [0.15, 0.2) is 28.9 Å². The van der Waals surface area contributed by atoms with E-state index in [9.17, 15) is 9.90 Å². The van der Waals surface area contributed by atoms with Gasteiger partial charge in [-0.3, -0.25) is 14.4 Å². The number of carbonyl (C=O) groups excluding carboxylic acids is 1. The third kappa shape index (κ3) is 4.16. The summed E-state index contributed by atoms with van der Waals surface area (Å²) in [4.78, 5) is 14.3. The average molecular weight is 358 g/mol. The molecule has 0 spiro atoms. The molecule has 2 aromatic heterocycles. The van der Waals surface area contributed by atoms with Crippen LogP contribution in [0.1, 0.15) is 48.9 Å². The van der Waals surface area contributed by atoms with Crippen LogP contribution in [0, 0.1) is 5.92 Å². The highest BCUT2D eigenvalue weighted by Gasteiger charge is 2.33. The van der Waals surface area contributed by atoms with Gasteiger partial charge in [0.2, 0.25) is 5.91 Å². The summed E-state index contributed by atoms with van der Waals surface area (Å²) in [5.41, 5.74) is 1.94. The largest absolute Gasteiger partial charge is 0.467 e. The van der Waals surface area contributed by atoms with Crippen LogP contribution < -0.4 is 5.32 Å². The minimum Gasteiger partial charge on any atom is -0.467 e. The summed E-state index contributed by atoms with van der Waals surface area (Å²) < 4.78 is 7.25. The number of nitrogens with zero attached hydrogens (tertiary/aromatic N) is 3. The Labute approximate surface area is 153 Å². The van der Waals surface area contributed by atoms with Crippen LogP contribution in [0.3, 0.4) is 0 Å². The highest BCUT2D eigenvalue weighted by Crippen LogP contribution is 2.40. The summed E-state index contributed by atoms with van der Waals surface area (Å²) in [7, 11) is 0. The lowest BCUT2D eigenvalue weighted by atomic mass is 10.1. The number of fused-ring (bicyclic) bond motifs is 1. The number of hydrogen-bond acceptors (Lipinski definition) is 5. The molecule has 2 aliphatic rings. The van der Waals surface area contributed by atoms with Gasteiger partial charge in [0.15, 0.2) is 0 Å². The van der Waals surface area contributed by atoms with Crippen molar-refractivity contribution in [2.75, 3.05) is 13.1 Å². The standard InChI is InChI=1S/C19H26N4O3/c24-18(20-12-16-3-1-10-26-16)6-9-22-7-2-8-23-15(13-22)11-17(21-23)19(25)14-4-5-14/h1,3,10-11,14,19,25H,2,4-9,12-13H2,(H,20,24). The zero-order valence-corrected chi connectivity index (χ0v) is 14.9. The van der Waals surface area contributed by atoms with Gasteiger partial charge in [0.25, 0.3) is 0 Å². The molecule has 1 atom stereocenters. The van der Waals surface area contributed by atoms with Crippen LogP contribution in [0.25, 0.3) is 0 Å². The van der Waals surface area contributed by atoms with E-state index in [1.807, 2.05) is 22.9 Å². The Hall–Kier alpha value is -2.12. The molecule has 0 aromatic carbocycles. The number of aryl methyl sites for hydroxylation is 1. The summed E-state index contributed by atoms with van der Waals surface area (Å²) >= 11 is 0. The van der Waals surface area contributed by atoms with Gasteiger partial charge in [-0.15, -0.1) is 0 Å². The molecule has 1 fully saturated rings. The molecular formula is C19H26N4O3. The smallest absolute Gasteiger partial charge is 0.221 e. The first kappa shape index (κ1) is 17.3. The molecule has 7 nitrogen and oxygen atoms in total. The molecule has 4 rings (SSSR count). The molecule has 1 aliphatic carbocycles. The highest BCUT2D eigenvalue weighted by molar-refractivity contribution is 5.75. The molecule has 7 heteroatoms. The Morgan fingerprint density at radius 1 is 1.42 bits per heavy atom. The van der Waals surface area contributed by atoms with Crippen LogP contribution in [-0.4, -0.2) is 38.8 Å². The Morgan fingerprint density at radius 3 is 3.08 bits per heavy atom. The number of furan rings is 1. The van der Waals surface area contributed by atoms with Gasteiger partial charge >= 0.3 is 0 Å². The van der Waals surface area contributed by atoms with Gasteiger partial charge in [-0.25, -0.2) is 0 Å². The molecule has 2 aromatic rings. The lowest BCUT2D eigenvalue weighted by Crippen LogP contribution is -2.30. The number of aliphatic hydroxyl groups excluding tert-OH is 1. The number of hydrogen-bond donors (Lipinski definition) is 2. The van der Waals surface area contributed by atoms with Gasteiger partial charge in [0, 0.05) is 32.6 Å². The van der Waals surface area contributed by atoms with E-state index in [1.54, 1.807) is 6.26 Å². The Balaban J connectivity index is 1.28. The molecule has 1 unspecified atom stereocenters. The number of nitrogens with one attached hydrogen (secondary N) is 1. The fourth-order valence-corrected chi connectivity index (χ4v) is 3.49. The summed E-state index contributed by atoms with van der Waals surface area (Å²) in [6.07, 6.45) is 4.85. The first-order valence-corrected chi connectivity index (χ1v) is 9.45. The highest BCUT2D eigenvalue weighted by atomic mass is 16.3. The molecule has 0 radical (unpaired) electrons. The first-order valence-electron chi connectivity index (χ1n) is 9.45. The van der Waals surface area contributed by atoms with Crippen molar-refractivity contribution < 1.29 is 14.3 Å². The second kappa shape index (κ2) is 7.63. The van der Waals surface area contributed by atoms with Crippen LogP contribution >= 0.6 is 0 Å². The fourth-order valence-electron chi connectivity index (χ4n) is 3.49. The zero-order chi connectivity index (χ0) is 17.9. The maximum Gasteiger partial charge on any atom is 0.221 e. The molecule has 140 valence electrons. The van der Waals surface area contributed by atoms with Crippen molar-refractivity contribution in [2.45, 2.75) is 51.4 Å². The van der Waals surface area contributed by atoms with E-state index >= 15 is 0 Å². The van der Waals surface area contributed by atoms with E-state index < -0.39 is 6.10 Å². The van der Waals surface area contributed by atoms with Crippen molar-refractivity contribution >= 4 is 5.91 Å². The third-order valence-corrected chi connectivity index (χ3v) is 5.18. The van der Waals surface area contributed by atoms with E-state index in [1.165, 1.54) is 0 Å². The van der Waals surface area contributed by atoms with E-state index in [0.29, 0.717) is 18.9 Å². The number of aromatic nitrogens is 2. The molecule has 3 heterocycles. The van der Waals surface area contributed by atoms with E-state index in [0.717, 1.165) is 62.6 Å². The summed E-state index contributed by atoms with van der Waals surface area (Å²) in [6, 6.07) is 5.71. The van der Waals surface area contributed by atoms with E-state index in [-0.39, 0.29) is 5.91 Å². The number of carbonyl (C=O) groups is 1. The van der Waals surface area contributed by atoms with Crippen molar-refractivity contribution in [3.8, 4) is 0 Å². The Bertz CT molecular complexity index is 736. The van der Waals surface area contributed by atoms with Crippen LogP contribution in [0.4, 0.5) is 0 Å². The summed E-state index contributed by atoms with van der Waals surface area (Å²) in [5.74, 6) is 1.19. The van der Waals surface area contributed by atoms with Crippen molar-refractivity contribution in [2.24, 2.45) is 5.92 Å². The second-order valence-electron chi connectivity index (χ2n) is 7.30. The summed E-state index contributed by atoms with van der Waals surface area (Å²) in [6.45, 7) is 3.75. The number of aliphatic hydroxyl groups is 1. The zero-order valence-electron chi connectivity index (χ0n) is 14.9. The average Bonchev–Trinajstić information content (AvgIpc) is 3.28. The van der Waals surface area contributed by atoms with Crippen molar-refractivity contribution in [1.82, 2.24) is 20.0 Å². The Kier molecular flexibility index (Phi) is 5.08. The van der Waals surface area contributed by atoms with Crippen molar-refractivity contribution in [1.29, 1.82) is 0 Å². The molecule has 1 saturated carbocycles. The van der Waals surface area contributed by atoms with Gasteiger partial charge in [-0.2, -0.15) is 5.10 Å². The molecule has 1 amide bonds. The lowest BCUT2D eigenvalue weighted by molar-refractivity contribution is -0.121. The van der Waals surface area contributed by atoms with Gasteiger partial charge in [-0.05, 0) is 43.4 Å². The second-order valence-corrected chi connectivity index (χ2v) is 7.30. The van der Waals surface area contributed by atoms with Gasteiger partial charge in [0.05, 0.1) is 24.2 Å². The van der Waals surface area contributed by atoms with Crippen molar-refractivity contribution in [3.05, 3.63) is 41.6 Å². The summed E-state index contributed by atoms with van der Waals surface area (Å²) in [5, 5.41) is 17.8. The Morgan fingerprint density at radius 2 is 2.31 bits per heavy atom. The van der Waals surface area contributed by atoms with Crippen molar-refractivity contribution in [3.63, 3.8) is 0 Å². The van der Waals surface area contributed by atoms with Gasteiger partial charge in [-0.1, -0.05) is 0 Å².